The SMILES string of the molecule is O=C(Cc1ccccc1F)Nc1cccc(C(=O)O)c1O. The van der Waals surface area contributed by atoms with Crippen molar-refractivity contribution in [3.05, 3.63) is 59.4 Å². The number of phenols is 1. The summed E-state index contributed by atoms with van der Waals surface area (Å²) in [7, 11) is 0. The van der Waals surface area contributed by atoms with E-state index in [1.54, 1.807) is 6.07 Å². The van der Waals surface area contributed by atoms with Crippen LogP contribution >= 0.6 is 0 Å². The number of carbonyl (C=O) groups is 2. The van der Waals surface area contributed by atoms with Gasteiger partial charge in [0.1, 0.15) is 11.4 Å². The Hall–Kier alpha value is -2.89. The third-order valence-electron chi connectivity index (χ3n) is 2.85. The van der Waals surface area contributed by atoms with Gasteiger partial charge in [0.25, 0.3) is 0 Å². The van der Waals surface area contributed by atoms with Crippen LogP contribution in [0.5, 0.6) is 5.75 Å². The fourth-order valence-electron chi connectivity index (χ4n) is 1.83. The number of anilines is 1. The normalized spacial score (nSPS) is 10.1. The van der Waals surface area contributed by atoms with Gasteiger partial charge >= 0.3 is 5.97 Å². The Morgan fingerprint density at radius 1 is 1.10 bits per heavy atom. The van der Waals surface area contributed by atoms with Gasteiger partial charge in [0.15, 0.2) is 5.75 Å². The molecule has 2 aromatic carbocycles. The number of carbonyl (C=O) groups excluding carboxylic acids is 1. The molecule has 3 N–H and O–H groups in total. The number of carboxylic acid groups (broad SMARTS) is 1. The van der Waals surface area contributed by atoms with Crippen molar-refractivity contribution in [2.45, 2.75) is 6.42 Å². The number of hydrogen-bond donors (Lipinski definition) is 3. The molecule has 0 saturated carbocycles. The summed E-state index contributed by atoms with van der Waals surface area (Å²) in [5.74, 6) is -2.90. The molecule has 0 aromatic heterocycles. The lowest BCUT2D eigenvalue weighted by atomic mass is 10.1. The maximum Gasteiger partial charge on any atom is 0.339 e. The Balaban J connectivity index is 2.15. The van der Waals surface area contributed by atoms with Gasteiger partial charge in [0.05, 0.1) is 12.1 Å². The molecule has 21 heavy (non-hydrogen) atoms. The zero-order chi connectivity index (χ0) is 15.4. The summed E-state index contributed by atoms with van der Waals surface area (Å²) in [5, 5.41) is 21.0. The fraction of sp³-hybridized carbons (Fsp3) is 0.0667. The molecule has 0 radical (unpaired) electrons. The lowest BCUT2D eigenvalue weighted by molar-refractivity contribution is -0.115. The molecular formula is C15H12FNO4. The first kappa shape index (κ1) is 14.5. The average molecular weight is 289 g/mol. The minimum absolute atomic E-state index is 0.0313. The second-order valence-corrected chi connectivity index (χ2v) is 4.32. The van der Waals surface area contributed by atoms with E-state index in [0.717, 1.165) is 0 Å². The quantitative estimate of drug-likeness (QED) is 0.754. The molecule has 0 aliphatic carbocycles. The Kier molecular flexibility index (Phi) is 4.18. The predicted molar refractivity (Wildman–Crippen MR) is 73.8 cm³/mol. The van der Waals surface area contributed by atoms with E-state index in [1.165, 1.54) is 36.4 Å². The number of aromatic carboxylic acids is 1. The molecule has 0 aliphatic rings. The summed E-state index contributed by atoms with van der Waals surface area (Å²) >= 11 is 0. The molecular weight excluding hydrogens is 277 g/mol. The highest BCUT2D eigenvalue weighted by Gasteiger charge is 2.15. The smallest absolute Gasteiger partial charge is 0.339 e. The van der Waals surface area contributed by atoms with Crippen LogP contribution in [0.2, 0.25) is 0 Å². The van der Waals surface area contributed by atoms with Gasteiger partial charge in [-0.3, -0.25) is 4.79 Å². The molecule has 0 atom stereocenters. The lowest BCUT2D eigenvalue weighted by Crippen LogP contribution is -2.15. The van der Waals surface area contributed by atoms with Crippen LogP contribution in [-0.2, 0) is 11.2 Å². The van der Waals surface area contributed by atoms with E-state index in [2.05, 4.69) is 5.32 Å². The zero-order valence-electron chi connectivity index (χ0n) is 10.8. The number of para-hydroxylation sites is 1. The second kappa shape index (κ2) is 6.04. The van der Waals surface area contributed by atoms with E-state index in [9.17, 15) is 19.1 Å². The lowest BCUT2D eigenvalue weighted by Gasteiger charge is -2.09. The number of nitrogens with one attached hydrogen (secondary N) is 1. The van der Waals surface area contributed by atoms with Crippen molar-refractivity contribution in [2.24, 2.45) is 0 Å². The number of carboxylic acids is 1. The van der Waals surface area contributed by atoms with Crippen molar-refractivity contribution in [3.63, 3.8) is 0 Å². The number of amides is 1. The minimum atomic E-state index is -1.31. The van der Waals surface area contributed by atoms with E-state index in [-0.39, 0.29) is 23.2 Å². The summed E-state index contributed by atoms with van der Waals surface area (Å²) in [5.41, 5.74) is -0.140. The molecule has 0 aliphatic heterocycles. The summed E-state index contributed by atoms with van der Waals surface area (Å²) in [4.78, 5) is 22.7. The summed E-state index contributed by atoms with van der Waals surface area (Å²) < 4.78 is 13.4. The van der Waals surface area contributed by atoms with E-state index in [4.69, 9.17) is 5.11 Å². The van der Waals surface area contributed by atoms with Crippen molar-refractivity contribution in [1.82, 2.24) is 0 Å². The van der Waals surface area contributed by atoms with E-state index < -0.39 is 23.4 Å². The fourth-order valence-corrected chi connectivity index (χ4v) is 1.83. The first-order valence-corrected chi connectivity index (χ1v) is 6.07. The Labute approximate surface area is 119 Å². The van der Waals surface area contributed by atoms with Gasteiger partial charge < -0.3 is 15.5 Å². The molecule has 0 spiro atoms. The van der Waals surface area contributed by atoms with Crippen LogP contribution in [0.3, 0.4) is 0 Å². The highest BCUT2D eigenvalue weighted by molar-refractivity contribution is 5.98. The largest absolute Gasteiger partial charge is 0.505 e. The molecule has 1 amide bonds. The topological polar surface area (TPSA) is 86.6 Å². The predicted octanol–water partition coefficient (Wildman–Crippen LogP) is 2.41. The van der Waals surface area contributed by atoms with Gasteiger partial charge in [0, 0.05) is 0 Å². The first-order chi connectivity index (χ1) is 9.99. The van der Waals surface area contributed by atoms with Crippen LogP contribution in [0.4, 0.5) is 10.1 Å². The monoisotopic (exact) mass is 289 g/mol. The standard InChI is InChI=1S/C15H12FNO4/c16-11-6-2-1-4-9(11)8-13(18)17-12-7-3-5-10(14(12)19)15(20)21/h1-7,19H,8H2,(H,17,18)(H,20,21). The van der Waals surface area contributed by atoms with Crippen molar-refractivity contribution in [3.8, 4) is 5.75 Å². The molecule has 5 nitrogen and oxygen atoms in total. The molecule has 0 bridgehead atoms. The van der Waals surface area contributed by atoms with Gasteiger partial charge in [-0.15, -0.1) is 0 Å². The van der Waals surface area contributed by atoms with Crippen LogP contribution in [0.1, 0.15) is 15.9 Å². The van der Waals surface area contributed by atoms with E-state index >= 15 is 0 Å². The summed E-state index contributed by atoms with van der Waals surface area (Å²) in [6.45, 7) is 0. The van der Waals surface area contributed by atoms with Crippen molar-refractivity contribution in [2.75, 3.05) is 5.32 Å². The number of rotatable bonds is 4. The van der Waals surface area contributed by atoms with Crippen molar-refractivity contribution < 1.29 is 24.2 Å². The van der Waals surface area contributed by atoms with Crippen LogP contribution in [-0.4, -0.2) is 22.1 Å². The van der Waals surface area contributed by atoms with Gasteiger partial charge in [-0.25, -0.2) is 9.18 Å². The molecule has 0 unspecified atom stereocenters. The third-order valence-corrected chi connectivity index (χ3v) is 2.85. The van der Waals surface area contributed by atoms with E-state index in [1.807, 2.05) is 0 Å². The Bertz CT molecular complexity index is 700. The number of halogens is 1. The average Bonchev–Trinajstić information content (AvgIpc) is 2.43. The molecule has 2 aromatic rings. The second-order valence-electron chi connectivity index (χ2n) is 4.32. The molecule has 2 rings (SSSR count). The summed E-state index contributed by atoms with van der Waals surface area (Å²) in [6.07, 6.45) is -0.219. The highest BCUT2D eigenvalue weighted by Crippen LogP contribution is 2.27. The van der Waals surface area contributed by atoms with Crippen molar-refractivity contribution in [1.29, 1.82) is 0 Å². The molecule has 0 saturated heterocycles. The number of hydrogen-bond acceptors (Lipinski definition) is 3. The summed E-state index contributed by atoms with van der Waals surface area (Å²) in [6, 6.07) is 9.80. The van der Waals surface area contributed by atoms with Crippen LogP contribution in [0.25, 0.3) is 0 Å². The zero-order valence-corrected chi connectivity index (χ0v) is 10.8. The van der Waals surface area contributed by atoms with Crippen LogP contribution in [0, 0.1) is 5.82 Å². The van der Waals surface area contributed by atoms with Gasteiger partial charge in [-0.05, 0) is 23.8 Å². The number of benzene rings is 2. The Morgan fingerprint density at radius 2 is 1.81 bits per heavy atom. The van der Waals surface area contributed by atoms with E-state index in [0.29, 0.717) is 0 Å². The van der Waals surface area contributed by atoms with Crippen LogP contribution < -0.4 is 5.32 Å². The molecule has 0 fully saturated rings. The molecule has 6 heteroatoms. The van der Waals surface area contributed by atoms with Gasteiger partial charge in [-0.1, -0.05) is 24.3 Å². The maximum atomic E-state index is 13.4. The first-order valence-electron chi connectivity index (χ1n) is 6.07. The van der Waals surface area contributed by atoms with Gasteiger partial charge in [-0.2, -0.15) is 0 Å². The van der Waals surface area contributed by atoms with Crippen LogP contribution in [0.15, 0.2) is 42.5 Å². The van der Waals surface area contributed by atoms with Crippen molar-refractivity contribution >= 4 is 17.6 Å². The minimum Gasteiger partial charge on any atom is -0.505 e. The Morgan fingerprint density at radius 3 is 2.48 bits per heavy atom. The van der Waals surface area contributed by atoms with Gasteiger partial charge in [0.2, 0.25) is 5.91 Å². The number of aromatic hydroxyl groups is 1. The molecule has 108 valence electrons. The highest BCUT2D eigenvalue weighted by atomic mass is 19.1. The third kappa shape index (κ3) is 3.36. The maximum absolute atomic E-state index is 13.4. The molecule has 0 heterocycles.